The highest BCUT2D eigenvalue weighted by Gasteiger charge is 2.35. The summed E-state index contributed by atoms with van der Waals surface area (Å²) in [5.41, 5.74) is 2.81. The maximum absolute atomic E-state index is 10.2. The van der Waals surface area contributed by atoms with Crippen molar-refractivity contribution in [2.45, 2.75) is 23.7 Å². The minimum atomic E-state index is -0.528. The highest BCUT2D eigenvalue weighted by atomic mass is 16.5. The summed E-state index contributed by atoms with van der Waals surface area (Å²) in [6.07, 6.45) is 13.4. The SMILES string of the molecule is Oc1ccc(C2(c3cccc(O)c3)C=CC(OC3=CCC(c4ccc(O)cc4)(c4cccc(O)c4)C=C3)=CC2)cc1. The normalized spacial score (nSPS) is 21.7. The van der Waals surface area contributed by atoms with Gasteiger partial charge in [-0.25, -0.2) is 0 Å². The van der Waals surface area contributed by atoms with E-state index in [9.17, 15) is 20.4 Å². The second kappa shape index (κ2) is 10.4. The van der Waals surface area contributed by atoms with Crippen LogP contribution in [0.15, 0.2) is 145 Å². The van der Waals surface area contributed by atoms with Gasteiger partial charge < -0.3 is 25.2 Å². The molecule has 2 atom stereocenters. The molecule has 0 saturated heterocycles. The standard InChI is InChI=1S/C36H30O5/c37-29-11-7-25(8-12-29)35(27-3-1-5-31(39)23-27)19-15-33(16-20-35)41-34-17-21-36(22-18-34,26-9-13-30(38)14-10-26)28-4-2-6-32(40)24-28/h1-19,21,23-24,37-40H,20,22H2. The van der Waals surface area contributed by atoms with Gasteiger partial charge in [0.1, 0.15) is 34.5 Å². The molecule has 41 heavy (non-hydrogen) atoms. The lowest BCUT2D eigenvalue weighted by atomic mass is 9.70. The first kappa shape index (κ1) is 26.1. The van der Waals surface area contributed by atoms with E-state index >= 15 is 0 Å². The van der Waals surface area contributed by atoms with E-state index in [-0.39, 0.29) is 23.0 Å². The van der Waals surface area contributed by atoms with E-state index in [1.807, 2.05) is 72.8 Å². The first-order valence-electron chi connectivity index (χ1n) is 13.5. The summed E-state index contributed by atoms with van der Waals surface area (Å²) in [5, 5.41) is 40.1. The summed E-state index contributed by atoms with van der Waals surface area (Å²) in [4.78, 5) is 0. The van der Waals surface area contributed by atoms with E-state index in [1.54, 1.807) is 48.5 Å². The maximum atomic E-state index is 10.2. The molecule has 6 rings (SSSR count). The Bertz CT molecular complexity index is 1570. The molecule has 204 valence electrons. The van der Waals surface area contributed by atoms with Crippen LogP contribution in [0.1, 0.15) is 35.1 Å². The number of rotatable bonds is 6. The van der Waals surface area contributed by atoms with Gasteiger partial charge in [0, 0.05) is 10.8 Å². The zero-order chi connectivity index (χ0) is 28.5. The van der Waals surface area contributed by atoms with Crippen molar-refractivity contribution in [3.63, 3.8) is 0 Å². The number of benzene rings is 4. The fourth-order valence-corrected chi connectivity index (χ4v) is 5.81. The largest absolute Gasteiger partial charge is 0.508 e. The smallest absolute Gasteiger partial charge is 0.123 e. The van der Waals surface area contributed by atoms with Crippen molar-refractivity contribution >= 4 is 0 Å². The minimum absolute atomic E-state index is 0.196. The second-order valence-corrected chi connectivity index (χ2v) is 10.5. The Kier molecular flexibility index (Phi) is 6.64. The first-order valence-corrected chi connectivity index (χ1v) is 13.5. The molecular weight excluding hydrogens is 512 g/mol. The summed E-state index contributed by atoms with van der Waals surface area (Å²) in [5.74, 6) is 2.21. The highest BCUT2D eigenvalue weighted by Crippen LogP contribution is 2.44. The molecule has 2 aliphatic rings. The van der Waals surface area contributed by atoms with Gasteiger partial charge >= 0.3 is 0 Å². The van der Waals surface area contributed by atoms with Crippen LogP contribution in [0.25, 0.3) is 0 Å². The van der Waals surface area contributed by atoms with Crippen LogP contribution in [0.5, 0.6) is 23.0 Å². The number of allylic oxidation sites excluding steroid dienone is 6. The van der Waals surface area contributed by atoms with E-state index in [0.717, 1.165) is 22.3 Å². The van der Waals surface area contributed by atoms with Gasteiger partial charge in [-0.1, -0.05) is 60.7 Å². The van der Waals surface area contributed by atoms with Gasteiger partial charge in [-0.05, 0) is 108 Å². The molecule has 4 N–H and O–H groups in total. The topological polar surface area (TPSA) is 90.2 Å². The predicted molar refractivity (Wildman–Crippen MR) is 159 cm³/mol. The van der Waals surface area contributed by atoms with Crippen molar-refractivity contribution in [1.29, 1.82) is 0 Å². The number of hydrogen-bond donors (Lipinski definition) is 4. The highest BCUT2D eigenvalue weighted by molar-refractivity contribution is 5.53. The molecule has 0 bridgehead atoms. The van der Waals surface area contributed by atoms with E-state index in [4.69, 9.17) is 4.74 Å². The minimum Gasteiger partial charge on any atom is -0.508 e. The molecule has 0 saturated carbocycles. The van der Waals surface area contributed by atoms with Crippen molar-refractivity contribution in [2.75, 3.05) is 0 Å². The lowest BCUT2D eigenvalue weighted by molar-refractivity contribution is 0.323. The third-order valence-electron chi connectivity index (χ3n) is 8.04. The molecule has 0 radical (unpaired) electrons. The number of phenols is 4. The predicted octanol–water partition coefficient (Wildman–Crippen LogP) is 7.49. The van der Waals surface area contributed by atoms with E-state index in [2.05, 4.69) is 12.2 Å². The number of hydrogen-bond acceptors (Lipinski definition) is 5. The summed E-state index contributed by atoms with van der Waals surface area (Å²) in [7, 11) is 0. The molecule has 0 aliphatic heterocycles. The molecule has 5 nitrogen and oxygen atoms in total. The molecule has 0 fully saturated rings. The zero-order valence-corrected chi connectivity index (χ0v) is 22.3. The maximum Gasteiger partial charge on any atom is 0.123 e. The molecule has 0 spiro atoms. The van der Waals surface area contributed by atoms with Crippen LogP contribution in [-0.2, 0) is 15.6 Å². The molecule has 4 aromatic rings. The summed E-state index contributed by atoms with van der Waals surface area (Å²) in [6.45, 7) is 0. The molecule has 2 unspecified atom stereocenters. The lowest BCUT2D eigenvalue weighted by Crippen LogP contribution is -2.27. The Morgan fingerprint density at radius 2 is 0.878 bits per heavy atom. The van der Waals surface area contributed by atoms with Crippen molar-refractivity contribution < 1.29 is 25.2 Å². The van der Waals surface area contributed by atoms with Crippen molar-refractivity contribution in [1.82, 2.24) is 0 Å². The van der Waals surface area contributed by atoms with E-state index in [1.165, 1.54) is 0 Å². The van der Waals surface area contributed by atoms with Gasteiger partial charge in [-0.15, -0.1) is 0 Å². The number of ether oxygens (including phenoxy) is 1. The average molecular weight is 543 g/mol. The molecule has 4 aromatic carbocycles. The third-order valence-corrected chi connectivity index (χ3v) is 8.04. The van der Waals surface area contributed by atoms with E-state index in [0.29, 0.717) is 24.4 Å². The van der Waals surface area contributed by atoms with Gasteiger partial charge in [0.15, 0.2) is 0 Å². The van der Waals surface area contributed by atoms with Crippen LogP contribution in [0, 0.1) is 0 Å². The fourth-order valence-electron chi connectivity index (χ4n) is 5.81. The molecule has 0 heterocycles. The van der Waals surface area contributed by atoms with Crippen molar-refractivity contribution in [3.8, 4) is 23.0 Å². The lowest BCUT2D eigenvalue weighted by Gasteiger charge is -2.35. The second-order valence-electron chi connectivity index (χ2n) is 10.5. The number of aromatic hydroxyl groups is 4. The van der Waals surface area contributed by atoms with Crippen LogP contribution in [0.4, 0.5) is 0 Å². The van der Waals surface area contributed by atoms with Gasteiger partial charge in [0.05, 0.1) is 0 Å². The van der Waals surface area contributed by atoms with Gasteiger partial charge in [0.2, 0.25) is 0 Å². The third kappa shape index (κ3) is 4.98. The Balaban J connectivity index is 1.27. The average Bonchev–Trinajstić information content (AvgIpc) is 2.99. The van der Waals surface area contributed by atoms with Gasteiger partial charge in [-0.2, -0.15) is 0 Å². The van der Waals surface area contributed by atoms with Crippen LogP contribution < -0.4 is 0 Å². The van der Waals surface area contributed by atoms with Gasteiger partial charge in [-0.3, -0.25) is 0 Å². The van der Waals surface area contributed by atoms with Crippen molar-refractivity contribution in [3.05, 3.63) is 167 Å². The van der Waals surface area contributed by atoms with Crippen LogP contribution in [0.2, 0.25) is 0 Å². The molecule has 0 aromatic heterocycles. The first-order chi connectivity index (χ1) is 19.9. The van der Waals surface area contributed by atoms with Crippen LogP contribution in [0.3, 0.4) is 0 Å². The molecule has 5 heteroatoms. The Morgan fingerprint density at radius 1 is 0.463 bits per heavy atom. The molecule has 0 amide bonds. The van der Waals surface area contributed by atoms with E-state index < -0.39 is 10.8 Å². The monoisotopic (exact) mass is 542 g/mol. The fraction of sp³-hybridized carbons (Fsp3) is 0.111. The van der Waals surface area contributed by atoms with Gasteiger partial charge in [0.25, 0.3) is 0 Å². The molecule has 2 aliphatic carbocycles. The number of phenolic OH excluding ortho intramolecular Hbond substituents is 4. The Hall–Kier alpha value is -5.16. The Morgan fingerprint density at radius 3 is 1.22 bits per heavy atom. The quantitative estimate of drug-likeness (QED) is 0.203. The summed E-state index contributed by atoms with van der Waals surface area (Å²) >= 11 is 0. The summed E-state index contributed by atoms with van der Waals surface area (Å²) < 4.78 is 6.32. The molecular formula is C36H30O5. The van der Waals surface area contributed by atoms with Crippen molar-refractivity contribution in [2.24, 2.45) is 0 Å². The zero-order valence-electron chi connectivity index (χ0n) is 22.3. The summed E-state index contributed by atoms with van der Waals surface area (Å²) in [6, 6.07) is 28.8. The van der Waals surface area contributed by atoms with Crippen LogP contribution in [-0.4, -0.2) is 20.4 Å². The van der Waals surface area contributed by atoms with Crippen LogP contribution >= 0.6 is 0 Å². The Labute approximate surface area is 239 Å².